The van der Waals surface area contributed by atoms with Gasteiger partial charge in [0, 0.05) is 32.7 Å². The maximum Gasteiger partial charge on any atom is 0.410 e. The van der Waals surface area contributed by atoms with Gasteiger partial charge in [0.2, 0.25) is 5.91 Å². The van der Waals surface area contributed by atoms with Crippen molar-refractivity contribution in [2.24, 2.45) is 16.1 Å². The number of piperazine rings is 1. The minimum Gasteiger partial charge on any atom is -0.444 e. The van der Waals surface area contributed by atoms with Crippen LogP contribution in [0.15, 0.2) is 4.99 Å². The minimum absolute atomic E-state index is 0.0405. The molecule has 1 rings (SSSR count). The van der Waals surface area contributed by atoms with E-state index in [1.807, 2.05) is 46.4 Å². The smallest absolute Gasteiger partial charge is 0.410 e. The Morgan fingerprint density at radius 2 is 1.60 bits per heavy atom. The summed E-state index contributed by atoms with van der Waals surface area (Å²) in [5.41, 5.74) is 4.95. The number of carbonyl (C=O) groups is 2. The van der Waals surface area contributed by atoms with Crippen LogP contribution in [-0.2, 0) is 9.53 Å². The fourth-order valence-electron chi connectivity index (χ4n) is 2.29. The number of aliphatic imine (C=N–C) groups is 1. The highest BCUT2D eigenvalue weighted by molar-refractivity contribution is 5.83. The highest BCUT2D eigenvalue weighted by Gasteiger charge is 2.29. The van der Waals surface area contributed by atoms with Crippen molar-refractivity contribution in [1.82, 2.24) is 15.1 Å². The summed E-state index contributed by atoms with van der Waals surface area (Å²) < 4.78 is 5.38. The molecule has 1 heterocycles. The van der Waals surface area contributed by atoms with Gasteiger partial charge in [0.05, 0.1) is 12.0 Å². The van der Waals surface area contributed by atoms with Gasteiger partial charge >= 0.3 is 6.09 Å². The molecule has 0 spiro atoms. The number of ether oxygens (including phenoxy) is 1. The van der Waals surface area contributed by atoms with Gasteiger partial charge in [-0.25, -0.2) is 4.79 Å². The topological polar surface area (TPSA) is 100 Å². The number of nitrogens with two attached hydrogens (primary N) is 1. The van der Waals surface area contributed by atoms with Crippen molar-refractivity contribution < 1.29 is 14.3 Å². The summed E-state index contributed by atoms with van der Waals surface area (Å²) in [6, 6.07) is 0. The normalized spacial score (nSPS) is 16.6. The van der Waals surface area contributed by atoms with Crippen LogP contribution in [0.3, 0.4) is 0 Å². The van der Waals surface area contributed by atoms with Crippen LogP contribution in [0.25, 0.3) is 0 Å². The lowest BCUT2D eigenvalue weighted by Crippen LogP contribution is -2.53. The molecule has 8 heteroatoms. The molecule has 0 bridgehead atoms. The van der Waals surface area contributed by atoms with Crippen LogP contribution in [0.4, 0.5) is 4.79 Å². The Balaban J connectivity index is 2.53. The molecule has 0 aromatic carbocycles. The summed E-state index contributed by atoms with van der Waals surface area (Å²) >= 11 is 0. The van der Waals surface area contributed by atoms with E-state index in [0.717, 1.165) is 0 Å². The molecule has 0 atom stereocenters. The van der Waals surface area contributed by atoms with Gasteiger partial charge in [-0.3, -0.25) is 9.79 Å². The highest BCUT2D eigenvalue weighted by Crippen LogP contribution is 2.16. The fourth-order valence-corrected chi connectivity index (χ4v) is 2.29. The Labute approximate surface area is 150 Å². The molecule has 0 aromatic rings. The van der Waals surface area contributed by atoms with Crippen molar-refractivity contribution >= 4 is 18.0 Å². The molecule has 2 amide bonds. The first-order chi connectivity index (χ1) is 11.5. The first-order valence-electron chi connectivity index (χ1n) is 8.77. The highest BCUT2D eigenvalue weighted by atomic mass is 16.6. The molecule has 3 N–H and O–H groups in total. The third-order valence-electron chi connectivity index (χ3n) is 3.84. The summed E-state index contributed by atoms with van der Waals surface area (Å²) in [6.07, 6.45) is -0.306. The first-order valence-corrected chi connectivity index (χ1v) is 8.77. The quantitative estimate of drug-likeness (QED) is 0.579. The second-order valence-corrected chi connectivity index (χ2v) is 7.87. The zero-order chi connectivity index (χ0) is 19.3. The standard InChI is InChI=1S/C17H33N5O3/c1-7-19-13(23)17(5,6)12-20-14(18)21-8-10-22(11-9-21)15(24)25-16(2,3)4/h7-12H2,1-6H3,(H2,18,20)(H,19,23). The average Bonchev–Trinajstić information content (AvgIpc) is 2.51. The third-order valence-corrected chi connectivity index (χ3v) is 3.84. The SMILES string of the molecule is CCNC(=O)C(C)(C)CN=C(N)N1CCN(C(=O)OC(C)(C)C)CC1. The summed E-state index contributed by atoms with van der Waals surface area (Å²) in [6.45, 7) is 14.3. The molecule has 1 saturated heterocycles. The summed E-state index contributed by atoms with van der Waals surface area (Å²) in [5.74, 6) is 0.363. The molecule has 1 fully saturated rings. The Kier molecular flexibility index (Phi) is 7.07. The van der Waals surface area contributed by atoms with Crippen molar-refractivity contribution in [2.45, 2.75) is 47.1 Å². The van der Waals surface area contributed by atoms with Gasteiger partial charge in [0.25, 0.3) is 0 Å². The van der Waals surface area contributed by atoms with Crippen molar-refractivity contribution in [3.05, 3.63) is 0 Å². The number of carbonyl (C=O) groups excluding carboxylic acids is 2. The summed E-state index contributed by atoms with van der Waals surface area (Å²) in [7, 11) is 0. The summed E-state index contributed by atoms with van der Waals surface area (Å²) in [4.78, 5) is 32.0. The van der Waals surface area contributed by atoms with Crippen LogP contribution in [0.5, 0.6) is 0 Å². The Morgan fingerprint density at radius 1 is 1.08 bits per heavy atom. The van der Waals surface area contributed by atoms with Gasteiger partial charge in [-0.15, -0.1) is 0 Å². The zero-order valence-electron chi connectivity index (χ0n) is 16.4. The minimum atomic E-state index is -0.612. The largest absolute Gasteiger partial charge is 0.444 e. The average molecular weight is 355 g/mol. The molecule has 144 valence electrons. The first kappa shape index (κ1) is 21.1. The van der Waals surface area contributed by atoms with E-state index in [0.29, 0.717) is 45.2 Å². The van der Waals surface area contributed by atoms with E-state index in [9.17, 15) is 9.59 Å². The van der Waals surface area contributed by atoms with E-state index in [-0.39, 0.29) is 12.0 Å². The van der Waals surface area contributed by atoms with Crippen LogP contribution >= 0.6 is 0 Å². The second kappa shape index (κ2) is 8.40. The van der Waals surface area contributed by atoms with E-state index in [2.05, 4.69) is 10.3 Å². The van der Waals surface area contributed by atoms with Crippen LogP contribution < -0.4 is 11.1 Å². The van der Waals surface area contributed by atoms with Gasteiger partial charge in [0.1, 0.15) is 5.60 Å². The maximum absolute atomic E-state index is 12.1. The fraction of sp³-hybridized carbons (Fsp3) is 0.824. The molecule has 1 aliphatic heterocycles. The van der Waals surface area contributed by atoms with Crippen LogP contribution in [0, 0.1) is 5.41 Å². The molecule has 0 saturated carbocycles. The second-order valence-electron chi connectivity index (χ2n) is 7.87. The Morgan fingerprint density at radius 3 is 2.08 bits per heavy atom. The number of rotatable bonds is 4. The van der Waals surface area contributed by atoms with E-state index in [1.54, 1.807) is 4.90 Å². The molecule has 25 heavy (non-hydrogen) atoms. The lowest BCUT2D eigenvalue weighted by Gasteiger charge is -2.36. The molecule has 8 nitrogen and oxygen atoms in total. The number of hydrogen-bond donors (Lipinski definition) is 2. The van der Waals surface area contributed by atoms with E-state index in [4.69, 9.17) is 10.5 Å². The predicted octanol–water partition coefficient (Wildman–Crippen LogP) is 1.02. The third kappa shape index (κ3) is 6.80. The van der Waals surface area contributed by atoms with Gasteiger partial charge in [-0.05, 0) is 41.5 Å². The van der Waals surface area contributed by atoms with E-state index >= 15 is 0 Å². The Bertz CT molecular complexity index is 503. The Hall–Kier alpha value is -1.99. The number of nitrogens with one attached hydrogen (secondary N) is 1. The van der Waals surface area contributed by atoms with E-state index in [1.165, 1.54) is 0 Å². The van der Waals surface area contributed by atoms with Crippen LogP contribution in [-0.4, -0.2) is 72.6 Å². The maximum atomic E-state index is 12.1. The molecular formula is C17H33N5O3. The molecule has 0 unspecified atom stereocenters. The molecule has 0 radical (unpaired) electrons. The predicted molar refractivity (Wildman–Crippen MR) is 98.3 cm³/mol. The monoisotopic (exact) mass is 355 g/mol. The number of guanidine groups is 1. The van der Waals surface area contributed by atoms with E-state index < -0.39 is 11.0 Å². The molecule has 0 aromatic heterocycles. The molecule has 0 aliphatic carbocycles. The van der Waals surface area contributed by atoms with Crippen molar-refractivity contribution in [2.75, 3.05) is 39.3 Å². The van der Waals surface area contributed by atoms with Crippen molar-refractivity contribution in [1.29, 1.82) is 0 Å². The van der Waals surface area contributed by atoms with Gasteiger partial charge < -0.3 is 25.6 Å². The van der Waals surface area contributed by atoms with Crippen LogP contribution in [0.2, 0.25) is 0 Å². The van der Waals surface area contributed by atoms with Crippen LogP contribution in [0.1, 0.15) is 41.5 Å². The lowest BCUT2D eigenvalue weighted by atomic mass is 9.92. The van der Waals surface area contributed by atoms with Gasteiger partial charge in [-0.1, -0.05) is 0 Å². The molecular weight excluding hydrogens is 322 g/mol. The number of amides is 2. The summed E-state index contributed by atoms with van der Waals surface area (Å²) in [5, 5.41) is 2.81. The van der Waals surface area contributed by atoms with Gasteiger partial charge in [0.15, 0.2) is 5.96 Å². The van der Waals surface area contributed by atoms with Crippen molar-refractivity contribution in [3.63, 3.8) is 0 Å². The van der Waals surface area contributed by atoms with Crippen molar-refractivity contribution in [3.8, 4) is 0 Å². The molecule has 1 aliphatic rings. The van der Waals surface area contributed by atoms with Gasteiger partial charge in [-0.2, -0.15) is 0 Å². The lowest BCUT2D eigenvalue weighted by molar-refractivity contribution is -0.128. The number of nitrogens with zero attached hydrogens (tertiary/aromatic N) is 3. The zero-order valence-corrected chi connectivity index (χ0v) is 16.4. The number of hydrogen-bond acceptors (Lipinski definition) is 4.